The summed E-state index contributed by atoms with van der Waals surface area (Å²) in [5.74, 6) is -0.753. The summed E-state index contributed by atoms with van der Waals surface area (Å²) in [6, 6.07) is 16.3. The van der Waals surface area contributed by atoms with Gasteiger partial charge in [0.25, 0.3) is 0 Å². The molecule has 0 atom stereocenters. The predicted octanol–water partition coefficient (Wildman–Crippen LogP) is 9.65. The van der Waals surface area contributed by atoms with Gasteiger partial charge in [0.15, 0.2) is 0 Å². The minimum Gasteiger partial charge on any atom is -0.481 e. The average molecular weight is 494 g/mol. The molecular formula is C31H47N3O2. The van der Waals surface area contributed by atoms with Crippen LogP contribution >= 0.6 is 0 Å². The monoisotopic (exact) mass is 493 g/mol. The molecule has 0 amide bonds. The van der Waals surface area contributed by atoms with Crippen molar-refractivity contribution in [2.24, 2.45) is 10.2 Å². The summed E-state index contributed by atoms with van der Waals surface area (Å²) < 4.78 is 0. The second-order valence-corrected chi connectivity index (χ2v) is 9.94. The van der Waals surface area contributed by atoms with Crippen LogP contribution in [-0.4, -0.2) is 24.7 Å². The number of carbonyl (C=O) groups is 1. The van der Waals surface area contributed by atoms with Crippen molar-refractivity contribution in [3.05, 3.63) is 54.1 Å². The summed E-state index contributed by atoms with van der Waals surface area (Å²) in [4.78, 5) is 12.7. The largest absolute Gasteiger partial charge is 0.481 e. The van der Waals surface area contributed by atoms with E-state index in [0.717, 1.165) is 23.5 Å². The highest BCUT2D eigenvalue weighted by Gasteiger charge is 2.03. The van der Waals surface area contributed by atoms with Crippen molar-refractivity contribution in [3.63, 3.8) is 0 Å². The quantitative estimate of drug-likeness (QED) is 0.147. The molecule has 0 saturated carbocycles. The second-order valence-electron chi connectivity index (χ2n) is 9.94. The van der Waals surface area contributed by atoms with E-state index in [1.807, 2.05) is 43.4 Å². The highest BCUT2D eigenvalue weighted by atomic mass is 16.4. The Morgan fingerprint density at radius 3 is 1.67 bits per heavy atom. The lowest BCUT2D eigenvalue weighted by atomic mass is 10.0. The number of azo groups is 1. The number of benzene rings is 2. The highest BCUT2D eigenvalue weighted by molar-refractivity contribution is 5.66. The van der Waals surface area contributed by atoms with Crippen molar-refractivity contribution in [2.45, 2.75) is 103 Å². The Bertz CT molecular complexity index is 862. The summed E-state index contributed by atoms with van der Waals surface area (Å²) in [7, 11) is 1.97. The van der Waals surface area contributed by atoms with Crippen molar-refractivity contribution in [2.75, 3.05) is 18.5 Å². The van der Waals surface area contributed by atoms with Gasteiger partial charge in [0.05, 0.1) is 11.4 Å². The van der Waals surface area contributed by atoms with Crippen molar-refractivity contribution >= 4 is 23.0 Å². The van der Waals surface area contributed by atoms with E-state index in [9.17, 15) is 4.79 Å². The molecule has 2 aromatic rings. The Labute approximate surface area is 219 Å². The van der Waals surface area contributed by atoms with Crippen LogP contribution in [0.2, 0.25) is 0 Å². The maximum absolute atomic E-state index is 10.7. The van der Waals surface area contributed by atoms with Crippen LogP contribution in [0.3, 0.4) is 0 Å². The average Bonchev–Trinajstić information content (AvgIpc) is 2.89. The van der Waals surface area contributed by atoms with Crippen molar-refractivity contribution in [1.29, 1.82) is 0 Å². The number of carboxylic acids is 1. The van der Waals surface area contributed by atoms with Crippen molar-refractivity contribution < 1.29 is 9.90 Å². The Morgan fingerprint density at radius 1 is 0.694 bits per heavy atom. The number of hydrogen-bond acceptors (Lipinski definition) is 4. The zero-order valence-electron chi connectivity index (χ0n) is 22.6. The highest BCUT2D eigenvalue weighted by Crippen LogP contribution is 2.23. The van der Waals surface area contributed by atoms with E-state index in [0.29, 0.717) is 13.0 Å². The summed E-state index contributed by atoms with van der Waals surface area (Å²) in [5, 5.41) is 17.5. The molecule has 5 nitrogen and oxygen atoms in total. The fraction of sp³-hybridized carbons (Fsp3) is 0.581. The predicted molar refractivity (Wildman–Crippen MR) is 152 cm³/mol. The van der Waals surface area contributed by atoms with Gasteiger partial charge >= 0.3 is 5.97 Å². The van der Waals surface area contributed by atoms with Crippen LogP contribution in [0.25, 0.3) is 0 Å². The number of rotatable bonds is 20. The van der Waals surface area contributed by atoms with Gasteiger partial charge in [-0.25, -0.2) is 0 Å². The molecule has 0 aliphatic rings. The summed E-state index contributed by atoms with van der Waals surface area (Å²) in [6.45, 7) is 2.99. The lowest BCUT2D eigenvalue weighted by Crippen LogP contribution is -2.19. The van der Waals surface area contributed by atoms with Gasteiger partial charge < -0.3 is 10.0 Å². The van der Waals surface area contributed by atoms with Crippen LogP contribution < -0.4 is 4.90 Å². The van der Waals surface area contributed by atoms with Crippen LogP contribution in [0.4, 0.5) is 17.1 Å². The van der Waals surface area contributed by atoms with Gasteiger partial charge in [-0.2, -0.15) is 10.2 Å². The van der Waals surface area contributed by atoms with Crippen LogP contribution in [0.5, 0.6) is 0 Å². The van der Waals surface area contributed by atoms with Crippen LogP contribution in [0, 0.1) is 0 Å². The Kier molecular flexibility index (Phi) is 15.2. The van der Waals surface area contributed by atoms with E-state index in [1.165, 1.54) is 82.6 Å². The van der Waals surface area contributed by atoms with E-state index in [-0.39, 0.29) is 6.42 Å². The zero-order chi connectivity index (χ0) is 25.8. The van der Waals surface area contributed by atoms with Gasteiger partial charge in [0, 0.05) is 25.7 Å². The van der Waals surface area contributed by atoms with Crippen molar-refractivity contribution in [3.8, 4) is 0 Å². The first-order chi connectivity index (χ1) is 17.6. The molecule has 0 fully saturated rings. The molecule has 0 bridgehead atoms. The number of anilines is 1. The molecule has 0 saturated heterocycles. The molecule has 198 valence electrons. The van der Waals surface area contributed by atoms with Crippen LogP contribution in [0.1, 0.15) is 102 Å². The molecule has 0 aliphatic carbocycles. The molecule has 2 rings (SSSR count). The van der Waals surface area contributed by atoms with Crippen LogP contribution in [0.15, 0.2) is 58.8 Å². The Balaban J connectivity index is 1.59. The van der Waals surface area contributed by atoms with E-state index in [1.54, 1.807) is 0 Å². The normalized spacial score (nSPS) is 11.3. The van der Waals surface area contributed by atoms with Gasteiger partial charge in [0.1, 0.15) is 0 Å². The van der Waals surface area contributed by atoms with Crippen molar-refractivity contribution in [1.82, 2.24) is 0 Å². The molecule has 0 spiro atoms. The third-order valence-electron chi connectivity index (χ3n) is 6.71. The molecule has 0 heterocycles. The van der Waals surface area contributed by atoms with E-state index >= 15 is 0 Å². The number of unbranched alkanes of at least 4 members (excludes halogenated alkanes) is 11. The third-order valence-corrected chi connectivity index (χ3v) is 6.71. The molecule has 0 unspecified atom stereocenters. The summed E-state index contributed by atoms with van der Waals surface area (Å²) >= 11 is 0. The minimum atomic E-state index is -0.753. The lowest BCUT2D eigenvalue weighted by molar-refractivity contribution is -0.137. The van der Waals surface area contributed by atoms with Gasteiger partial charge in [-0.1, -0.05) is 89.7 Å². The first-order valence-corrected chi connectivity index (χ1v) is 14.1. The Morgan fingerprint density at radius 2 is 1.17 bits per heavy atom. The van der Waals surface area contributed by atoms with E-state index in [2.05, 4.69) is 34.2 Å². The SMILES string of the molecule is CCCCCCCCCCCCCCc1ccc(N=Nc2ccc(N(C)CCCC(=O)O)cc2)cc1. The fourth-order valence-corrected chi connectivity index (χ4v) is 4.39. The first kappa shape index (κ1) is 29.5. The first-order valence-electron chi connectivity index (χ1n) is 14.1. The molecule has 1 N–H and O–H groups in total. The number of carboxylic acid groups (broad SMARTS) is 1. The summed E-state index contributed by atoms with van der Waals surface area (Å²) in [6.07, 6.45) is 18.5. The Hall–Kier alpha value is -2.69. The minimum absolute atomic E-state index is 0.189. The number of nitrogens with zero attached hydrogens (tertiary/aromatic N) is 3. The van der Waals surface area contributed by atoms with Gasteiger partial charge in [-0.3, -0.25) is 4.79 Å². The fourth-order valence-electron chi connectivity index (χ4n) is 4.39. The molecule has 5 heteroatoms. The van der Waals surface area contributed by atoms with Gasteiger partial charge in [0.2, 0.25) is 0 Å². The maximum Gasteiger partial charge on any atom is 0.303 e. The maximum atomic E-state index is 10.7. The van der Waals surface area contributed by atoms with E-state index in [4.69, 9.17) is 5.11 Å². The molecule has 0 radical (unpaired) electrons. The zero-order valence-corrected chi connectivity index (χ0v) is 22.6. The van der Waals surface area contributed by atoms with E-state index < -0.39 is 5.97 Å². The lowest BCUT2D eigenvalue weighted by Gasteiger charge is -2.18. The van der Waals surface area contributed by atoms with Crippen LogP contribution in [-0.2, 0) is 11.2 Å². The molecular weight excluding hydrogens is 446 g/mol. The second kappa shape index (κ2) is 18.6. The topological polar surface area (TPSA) is 65.3 Å². The third kappa shape index (κ3) is 13.4. The number of aryl methyl sites for hydroxylation is 1. The molecule has 0 aliphatic heterocycles. The van der Waals surface area contributed by atoms with Gasteiger partial charge in [-0.05, 0) is 61.2 Å². The number of hydrogen-bond donors (Lipinski definition) is 1. The van der Waals surface area contributed by atoms with Gasteiger partial charge in [-0.15, -0.1) is 0 Å². The smallest absolute Gasteiger partial charge is 0.303 e. The summed E-state index contributed by atoms with van der Waals surface area (Å²) in [5.41, 5.74) is 4.08. The molecule has 36 heavy (non-hydrogen) atoms. The molecule has 0 aromatic heterocycles. The molecule has 2 aromatic carbocycles. The standard InChI is InChI=1S/C31H47N3O2/c1-3-4-5-6-7-8-9-10-11-12-13-14-16-27-18-20-28(21-19-27)32-33-29-22-24-30(25-23-29)34(2)26-15-17-31(35)36/h18-25H,3-17,26H2,1-2H3,(H,35,36). The number of aliphatic carboxylic acids is 1.